The largest absolute Gasteiger partial charge is 0.338 e. The Morgan fingerprint density at radius 1 is 1.12 bits per heavy atom. The molecule has 3 aliphatic rings. The highest BCUT2D eigenvalue weighted by molar-refractivity contribution is 6.30. The van der Waals surface area contributed by atoms with Gasteiger partial charge in [-0.15, -0.1) is 0 Å². The first-order valence-corrected chi connectivity index (χ1v) is 9.10. The van der Waals surface area contributed by atoms with Crippen LogP contribution in [-0.2, 0) is 4.79 Å². The van der Waals surface area contributed by atoms with Crippen LogP contribution in [0.1, 0.15) is 42.5 Å². The molecule has 1 atom stereocenters. The van der Waals surface area contributed by atoms with Crippen LogP contribution in [0.3, 0.4) is 0 Å². The number of carbonyl (C=O) groups is 2. The Hall–Kier alpha value is -1.59. The first kappa shape index (κ1) is 15.9. The molecule has 5 nitrogen and oxygen atoms in total. The second kappa shape index (κ2) is 6.05. The van der Waals surface area contributed by atoms with Crippen molar-refractivity contribution in [2.24, 2.45) is 0 Å². The number of likely N-dealkylation sites (tertiary alicyclic amines) is 1. The third kappa shape index (κ3) is 2.60. The number of fused-ring (bicyclic) bond motifs is 2. The second-order valence-electron chi connectivity index (χ2n) is 7.02. The number of hydrogen-bond acceptors (Lipinski definition) is 3. The zero-order valence-electron chi connectivity index (χ0n) is 13.6. The highest BCUT2D eigenvalue weighted by Gasteiger charge is 2.52. The number of hydrogen-bond donors (Lipinski definition) is 1. The maximum Gasteiger partial charge on any atom is 0.253 e. The molecular weight excluding hydrogens is 326 g/mol. The summed E-state index contributed by atoms with van der Waals surface area (Å²) in [6, 6.07) is 7.07. The summed E-state index contributed by atoms with van der Waals surface area (Å²) in [7, 11) is 0. The summed E-state index contributed by atoms with van der Waals surface area (Å²) < 4.78 is 0. The maximum atomic E-state index is 12.6. The molecule has 0 saturated carbocycles. The Morgan fingerprint density at radius 3 is 2.54 bits per heavy atom. The van der Waals surface area contributed by atoms with Gasteiger partial charge in [-0.3, -0.25) is 14.5 Å². The van der Waals surface area contributed by atoms with Crippen LogP contribution in [0.25, 0.3) is 0 Å². The van der Waals surface area contributed by atoms with Gasteiger partial charge in [0.05, 0.1) is 11.7 Å². The number of carbonyl (C=O) groups excluding carboxylic acids is 2. The summed E-state index contributed by atoms with van der Waals surface area (Å²) in [6.07, 6.45) is 4.84. The molecular formula is C18H22ClN3O2. The summed E-state index contributed by atoms with van der Waals surface area (Å²) >= 11 is 5.89. The van der Waals surface area contributed by atoms with E-state index in [9.17, 15) is 9.59 Å². The van der Waals surface area contributed by atoms with Crippen LogP contribution in [0, 0.1) is 0 Å². The van der Waals surface area contributed by atoms with E-state index in [-0.39, 0.29) is 23.5 Å². The van der Waals surface area contributed by atoms with E-state index >= 15 is 0 Å². The van der Waals surface area contributed by atoms with E-state index < -0.39 is 0 Å². The average Bonchev–Trinajstić information content (AvgIpc) is 2.88. The summed E-state index contributed by atoms with van der Waals surface area (Å²) in [5.41, 5.74) is 0.431. The van der Waals surface area contributed by atoms with Gasteiger partial charge in [0.1, 0.15) is 0 Å². The van der Waals surface area contributed by atoms with Gasteiger partial charge in [-0.25, -0.2) is 0 Å². The Kier molecular flexibility index (Phi) is 4.01. The third-order valence-electron chi connectivity index (χ3n) is 5.68. The number of amides is 2. The molecule has 1 aromatic rings. The first-order valence-electron chi connectivity index (χ1n) is 8.73. The maximum absolute atomic E-state index is 12.6. The van der Waals surface area contributed by atoms with E-state index in [1.165, 1.54) is 0 Å². The minimum atomic E-state index is -0.237. The molecule has 24 heavy (non-hydrogen) atoms. The van der Waals surface area contributed by atoms with E-state index in [1.54, 1.807) is 24.3 Å². The van der Waals surface area contributed by atoms with Gasteiger partial charge in [-0.2, -0.15) is 0 Å². The number of piperidine rings is 2. The molecule has 0 unspecified atom stereocenters. The fourth-order valence-corrected chi connectivity index (χ4v) is 4.49. The van der Waals surface area contributed by atoms with Crippen LogP contribution in [-0.4, -0.2) is 53.0 Å². The highest BCUT2D eigenvalue weighted by Crippen LogP contribution is 2.37. The highest BCUT2D eigenvalue weighted by atomic mass is 35.5. The van der Waals surface area contributed by atoms with Gasteiger partial charge in [-0.05, 0) is 37.1 Å². The van der Waals surface area contributed by atoms with Crippen LogP contribution >= 0.6 is 11.6 Å². The van der Waals surface area contributed by atoms with Crippen molar-refractivity contribution in [1.29, 1.82) is 0 Å². The van der Waals surface area contributed by atoms with Gasteiger partial charge >= 0.3 is 0 Å². The zero-order chi connectivity index (χ0) is 16.7. The van der Waals surface area contributed by atoms with Gasteiger partial charge < -0.3 is 10.2 Å². The minimum absolute atomic E-state index is 0.0391. The van der Waals surface area contributed by atoms with Crippen molar-refractivity contribution in [2.75, 3.05) is 19.6 Å². The lowest BCUT2D eigenvalue weighted by molar-refractivity contribution is -0.122. The minimum Gasteiger partial charge on any atom is -0.338 e. The Morgan fingerprint density at radius 2 is 1.83 bits per heavy atom. The van der Waals surface area contributed by atoms with E-state index in [1.807, 2.05) is 4.90 Å². The number of benzene rings is 1. The molecule has 6 heteroatoms. The lowest BCUT2D eigenvalue weighted by Crippen LogP contribution is -2.60. The lowest BCUT2D eigenvalue weighted by atomic mass is 9.92. The normalized spacial score (nSPS) is 26.3. The van der Waals surface area contributed by atoms with Crippen molar-refractivity contribution in [3.05, 3.63) is 34.9 Å². The molecule has 0 radical (unpaired) electrons. The fourth-order valence-electron chi connectivity index (χ4n) is 4.37. The van der Waals surface area contributed by atoms with Gasteiger partial charge in [0, 0.05) is 43.1 Å². The van der Waals surface area contributed by atoms with Gasteiger partial charge in [-0.1, -0.05) is 18.0 Å². The molecule has 128 valence electrons. The molecule has 4 rings (SSSR count). The van der Waals surface area contributed by atoms with Crippen molar-refractivity contribution in [2.45, 2.75) is 43.8 Å². The molecule has 1 aromatic carbocycles. The predicted octanol–water partition coefficient (Wildman–Crippen LogP) is 2.26. The van der Waals surface area contributed by atoms with Gasteiger partial charge in [0.2, 0.25) is 5.91 Å². The Bertz CT molecular complexity index is 653. The van der Waals surface area contributed by atoms with Crippen molar-refractivity contribution in [3.8, 4) is 0 Å². The zero-order valence-corrected chi connectivity index (χ0v) is 14.4. The lowest BCUT2D eigenvalue weighted by Gasteiger charge is -2.46. The SMILES string of the molecule is O=C1NC2(CCN(C(=O)c3ccc(Cl)cc3)CC2)N2CCCC[C@@H]12. The fraction of sp³-hybridized carbons (Fsp3) is 0.556. The topological polar surface area (TPSA) is 52.7 Å². The number of halogens is 1. The van der Waals surface area contributed by atoms with Crippen LogP contribution in [0.5, 0.6) is 0 Å². The Balaban J connectivity index is 1.46. The summed E-state index contributed by atoms with van der Waals surface area (Å²) in [5.74, 6) is 0.216. The van der Waals surface area contributed by atoms with Gasteiger partial charge in [0.15, 0.2) is 0 Å². The van der Waals surface area contributed by atoms with Crippen molar-refractivity contribution < 1.29 is 9.59 Å². The third-order valence-corrected chi connectivity index (χ3v) is 5.93. The molecule has 3 saturated heterocycles. The van der Waals surface area contributed by atoms with Crippen molar-refractivity contribution in [1.82, 2.24) is 15.1 Å². The summed E-state index contributed by atoms with van der Waals surface area (Å²) in [6.45, 7) is 2.32. The molecule has 3 fully saturated rings. The van der Waals surface area contributed by atoms with Crippen molar-refractivity contribution in [3.63, 3.8) is 0 Å². The van der Waals surface area contributed by atoms with Crippen molar-refractivity contribution >= 4 is 23.4 Å². The van der Waals surface area contributed by atoms with E-state index in [4.69, 9.17) is 11.6 Å². The molecule has 3 heterocycles. The first-order chi connectivity index (χ1) is 11.6. The molecule has 0 aromatic heterocycles. The average molecular weight is 348 g/mol. The van der Waals surface area contributed by atoms with E-state index in [2.05, 4.69) is 10.2 Å². The standard InChI is InChI=1S/C18H22ClN3O2/c19-14-6-4-13(5-7-14)17(24)21-11-8-18(9-12-21)20-16(23)15-3-1-2-10-22(15)18/h4-7,15H,1-3,8-12H2,(H,20,23)/t15-/m0/s1. The monoisotopic (exact) mass is 347 g/mol. The molecule has 0 aliphatic carbocycles. The number of rotatable bonds is 1. The van der Waals surface area contributed by atoms with Crippen LogP contribution in [0.2, 0.25) is 5.02 Å². The van der Waals surface area contributed by atoms with Crippen LogP contribution in [0.15, 0.2) is 24.3 Å². The van der Waals surface area contributed by atoms with E-state index in [0.717, 1.165) is 38.6 Å². The molecule has 1 spiro atoms. The molecule has 3 aliphatic heterocycles. The Labute approximate surface area is 146 Å². The summed E-state index contributed by atoms with van der Waals surface area (Å²) in [5, 5.41) is 3.88. The van der Waals surface area contributed by atoms with Gasteiger partial charge in [0.25, 0.3) is 5.91 Å². The summed E-state index contributed by atoms with van der Waals surface area (Å²) in [4.78, 5) is 29.2. The number of nitrogens with zero attached hydrogens (tertiary/aromatic N) is 2. The molecule has 1 N–H and O–H groups in total. The second-order valence-corrected chi connectivity index (χ2v) is 7.46. The number of nitrogens with one attached hydrogen (secondary N) is 1. The molecule has 2 amide bonds. The predicted molar refractivity (Wildman–Crippen MR) is 91.8 cm³/mol. The van der Waals surface area contributed by atoms with Crippen LogP contribution in [0.4, 0.5) is 0 Å². The smallest absolute Gasteiger partial charge is 0.253 e. The van der Waals surface area contributed by atoms with Crippen LogP contribution < -0.4 is 5.32 Å². The van der Waals surface area contributed by atoms with E-state index in [0.29, 0.717) is 23.7 Å². The quantitative estimate of drug-likeness (QED) is 0.847. The molecule has 0 bridgehead atoms.